The Morgan fingerprint density at radius 2 is 0.719 bits per heavy atom. The van der Waals surface area contributed by atoms with Crippen molar-refractivity contribution in [2.45, 2.75) is 20.8 Å². The molecular formula is C19H18BF10NP+. The van der Waals surface area contributed by atoms with Gasteiger partial charge in [0.15, 0.2) is 58.2 Å². The van der Waals surface area contributed by atoms with Gasteiger partial charge in [-0.05, 0) is 20.8 Å². The molecule has 0 atom stereocenters. The maximum absolute atomic E-state index is 14.7. The monoisotopic (exact) mass is 492 g/mol. The Morgan fingerprint density at radius 1 is 0.500 bits per heavy atom. The minimum absolute atomic E-state index is 0.262. The minimum atomic E-state index is -2.59. The van der Waals surface area contributed by atoms with E-state index in [9.17, 15) is 43.9 Å². The zero-order valence-electron chi connectivity index (χ0n) is 17.4. The molecule has 0 saturated heterocycles. The van der Waals surface area contributed by atoms with Gasteiger partial charge in [-0.3, -0.25) is 0 Å². The van der Waals surface area contributed by atoms with E-state index in [0.717, 1.165) is 11.6 Å². The van der Waals surface area contributed by atoms with Crippen molar-refractivity contribution in [3.8, 4) is 0 Å². The fourth-order valence-electron chi connectivity index (χ4n) is 3.83. The molecule has 13 heteroatoms. The van der Waals surface area contributed by atoms with Crippen LogP contribution < -0.4 is 10.9 Å². The van der Waals surface area contributed by atoms with Gasteiger partial charge in [0.05, 0.1) is 25.9 Å². The first-order valence-corrected chi connectivity index (χ1v) is 11.7. The van der Waals surface area contributed by atoms with Crippen LogP contribution in [0.4, 0.5) is 43.9 Å². The molecule has 0 radical (unpaired) electrons. The highest BCUT2D eigenvalue weighted by Crippen LogP contribution is 2.60. The summed E-state index contributed by atoms with van der Waals surface area (Å²) in [4.78, 5) is 0. The molecule has 176 valence electrons. The van der Waals surface area contributed by atoms with Crippen LogP contribution >= 0.6 is 7.41 Å². The Bertz CT molecular complexity index is 908. The Kier molecular flexibility index (Phi) is 7.93. The number of rotatable bonds is 7. The summed E-state index contributed by atoms with van der Waals surface area (Å²) in [6, 6.07) is 0. The van der Waals surface area contributed by atoms with Crippen LogP contribution in [-0.2, 0) is 0 Å². The molecule has 0 saturated carbocycles. The van der Waals surface area contributed by atoms with E-state index in [2.05, 4.69) is 0 Å². The smallest absolute Gasteiger partial charge is 0.212 e. The van der Waals surface area contributed by atoms with Crippen LogP contribution in [0.25, 0.3) is 0 Å². The lowest BCUT2D eigenvalue weighted by atomic mass is 9.50. The largest absolute Gasteiger partial charge is 0.346 e. The minimum Gasteiger partial charge on any atom is -0.212 e. The van der Waals surface area contributed by atoms with Gasteiger partial charge in [-0.2, -0.15) is 0 Å². The van der Waals surface area contributed by atoms with Crippen LogP contribution in [-0.4, -0.2) is 37.0 Å². The van der Waals surface area contributed by atoms with E-state index in [4.69, 9.17) is 0 Å². The Hall–Kier alpha value is -1.81. The normalized spacial score (nSPS) is 12.1. The molecule has 0 bridgehead atoms. The maximum atomic E-state index is 14.7. The molecule has 0 spiro atoms. The summed E-state index contributed by atoms with van der Waals surface area (Å²) in [6.45, 7) is 2.40. The first-order valence-electron chi connectivity index (χ1n) is 9.44. The fraction of sp³-hybridized carbons (Fsp3) is 0.368. The third kappa shape index (κ3) is 3.89. The molecule has 0 heterocycles. The molecule has 2 rings (SSSR count). The van der Waals surface area contributed by atoms with Gasteiger partial charge in [0.2, 0.25) is 0 Å². The third-order valence-corrected chi connectivity index (χ3v) is 10.9. The highest BCUT2D eigenvalue weighted by molar-refractivity contribution is 7.75. The third-order valence-electron chi connectivity index (χ3n) is 5.84. The number of hydrogen-bond acceptors (Lipinski definition) is 1. The van der Waals surface area contributed by atoms with Crippen LogP contribution in [0.3, 0.4) is 0 Å². The average Bonchev–Trinajstić information content (AvgIpc) is 2.79. The predicted molar refractivity (Wildman–Crippen MR) is 104 cm³/mol. The summed E-state index contributed by atoms with van der Waals surface area (Å²) in [5.74, 6) is -24.4. The molecular weight excluding hydrogens is 474 g/mol. The summed E-state index contributed by atoms with van der Waals surface area (Å²) < 4.78 is 143. The van der Waals surface area contributed by atoms with Crippen molar-refractivity contribution in [3.63, 3.8) is 0 Å². The molecule has 0 aliphatic rings. The van der Waals surface area contributed by atoms with E-state index in [1.807, 2.05) is 0 Å². The molecule has 0 amide bonds. The molecule has 0 unspecified atom stereocenters. The predicted octanol–water partition coefficient (Wildman–Crippen LogP) is 5.11. The molecule has 0 N–H and O–H groups in total. The summed E-state index contributed by atoms with van der Waals surface area (Å²) >= 11 is 0. The van der Waals surface area contributed by atoms with Gasteiger partial charge in [0, 0.05) is 18.0 Å². The standard InChI is InChI=1S/C19H18BF10NP/c1-5-32(6-2,7-3)31(4)20(8-10(21)14(25)18(29)15(26)11(8)22)9-12(23)16(27)19(30)17(28)13(9)24/h5-7H2,1-4H3/q+1. The van der Waals surface area contributed by atoms with Gasteiger partial charge in [0.25, 0.3) is 0 Å². The van der Waals surface area contributed by atoms with Gasteiger partial charge in [-0.1, -0.05) is 0 Å². The summed E-state index contributed by atoms with van der Waals surface area (Å²) in [6.07, 6.45) is 0.785. The van der Waals surface area contributed by atoms with Crippen LogP contribution in [0.5, 0.6) is 0 Å². The lowest BCUT2D eigenvalue weighted by Crippen LogP contribution is -2.60. The lowest BCUT2D eigenvalue weighted by molar-refractivity contribution is 0.381. The summed E-state index contributed by atoms with van der Waals surface area (Å²) in [7, 11) is -1.49. The number of hydrogen-bond donors (Lipinski definition) is 0. The zero-order valence-corrected chi connectivity index (χ0v) is 18.3. The van der Waals surface area contributed by atoms with E-state index < -0.39 is 83.4 Å². The van der Waals surface area contributed by atoms with E-state index in [1.54, 1.807) is 20.8 Å². The average molecular weight is 492 g/mol. The molecule has 0 aromatic heterocycles. The Labute approximate surface area is 178 Å². The van der Waals surface area contributed by atoms with Crippen molar-refractivity contribution >= 4 is 25.2 Å². The molecule has 0 fully saturated rings. The van der Waals surface area contributed by atoms with E-state index in [-0.39, 0.29) is 18.5 Å². The first-order chi connectivity index (χ1) is 14.8. The topological polar surface area (TPSA) is 3.24 Å². The second-order valence-electron chi connectivity index (χ2n) is 6.99. The SMILES string of the molecule is CC[P+](CC)(CC)N(C)B(c1c(F)c(F)c(F)c(F)c1F)c1c(F)c(F)c(F)c(F)c1F. The van der Waals surface area contributed by atoms with Crippen molar-refractivity contribution < 1.29 is 43.9 Å². The summed E-state index contributed by atoms with van der Waals surface area (Å²) in [5, 5.41) is 0. The van der Waals surface area contributed by atoms with Crippen molar-refractivity contribution in [1.82, 2.24) is 4.58 Å². The quantitative estimate of drug-likeness (QED) is 0.171. The van der Waals surface area contributed by atoms with Crippen LogP contribution in [0.1, 0.15) is 20.8 Å². The first kappa shape index (κ1) is 26.4. The second-order valence-corrected chi connectivity index (χ2v) is 11.7. The molecule has 0 aliphatic carbocycles. The highest BCUT2D eigenvalue weighted by Gasteiger charge is 2.50. The van der Waals surface area contributed by atoms with Crippen molar-refractivity contribution in [3.05, 3.63) is 58.2 Å². The Balaban J connectivity index is 3.10. The molecule has 2 aromatic carbocycles. The summed E-state index contributed by atoms with van der Waals surface area (Å²) in [5.41, 5.74) is -3.40. The van der Waals surface area contributed by atoms with Gasteiger partial charge in [-0.25, -0.2) is 48.5 Å². The van der Waals surface area contributed by atoms with E-state index in [1.165, 1.54) is 0 Å². The van der Waals surface area contributed by atoms with Crippen molar-refractivity contribution in [1.29, 1.82) is 0 Å². The van der Waals surface area contributed by atoms with E-state index >= 15 is 0 Å². The van der Waals surface area contributed by atoms with Crippen molar-refractivity contribution in [2.75, 3.05) is 25.5 Å². The molecule has 2 aromatic rings. The highest BCUT2D eigenvalue weighted by atomic mass is 31.2. The number of benzene rings is 2. The molecule has 32 heavy (non-hydrogen) atoms. The fourth-order valence-corrected chi connectivity index (χ4v) is 7.23. The van der Waals surface area contributed by atoms with Crippen LogP contribution in [0.2, 0.25) is 0 Å². The van der Waals surface area contributed by atoms with Gasteiger partial charge in [0.1, 0.15) is 0 Å². The second kappa shape index (κ2) is 9.59. The van der Waals surface area contributed by atoms with Crippen LogP contribution in [0, 0.1) is 58.2 Å². The molecule has 1 nitrogen and oxygen atoms in total. The van der Waals surface area contributed by atoms with Gasteiger partial charge < -0.3 is 0 Å². The van der Waals surface area contributed by atoms with Gasteiger partial charge >= 0.3 is 6.85 Å². The van der Waals surface area contributed by atoms with Gasteiger partial charge in [-0.15, -0.1) is 0 Å². The zero-order chi connectivity index (χ0) is 24.7. The van der Waals surface area contributed by atoms with E-state index in [0.29, 0.717) is 0 Å². The van der Waals surface area contributed by atoms with Crippen molar-refractivity contribution in [2.24, 2.45) is 0 Å². The maximum Gasteiger partial charge on any atom is 0.346 e. The number of halogens is 10. The number of nitrogens with zero attached hydrogens (tertiary/aromatic N) is 1. The molecule has 0 aliphatic heterocycles. The lowest BCUT2D eigenvalue weighted by Gasteiger charge is -2.37. The Morgan fingerprint density at radius 3 is 0.938 bits per heavy atom. The van der Waals surface area contributed by atoms with Crippen LogP contribution in [0.15, 0.2) is 0 Å².